The predicted octanol–water partition coefficient (Wildman–Crippen LogP) is 2.99. The van der Waals surface area contributed by atoms with Crippen LogP contribution in [0.1, 0.15) is 39.0 Å². The molecular weight excluding hydrogens is 439 g/mol. The number of para-hydroxylation sites is 1. The van der Waals surface area contributed by atoms with Gasteiger partial charge < -0.3 is 20.6 Å². The largest absolute Gasteiger partial charge is 0.393 e. The molecule has 2 fully saturated rings. The minimum absolute atomic E-state index is 0. The second kappa shape index (κ2) is 11.0. The van der Waals surface area contributed by atoms with Crippen LogP contribution in [0.15, 0.2) is 35.3 Å². The average Bonchev–Trinajstić information content (AvgIpc) is 3.06. The minimum atomic E-state index is -0.171. The van der Waals surface area contributed by atoms with Crippen molar-refractivity contribution in [1.82, 2.24) is 10.6 Å². The van der Waals surface area contributed by atoms with Crippen molar-refractivity contribution in [2.24, 2.45) is 10.9 Å². The Morgan fingerprint density at radius 2 is 2.00 bits per heavy atom. The van der Waals surface area contributed by atoms with Crippen LogP contribution in [0.3, 0.4) is 0 Å². The van der Waals surface area contributed by atoms with E-state index >= 15 is 0 Å². The van der Waals surface area contributed by atoms with E-state index in [0.29, 0.717) is 18.5 Å². The smallest absolute Gasteiger partial charge is 0.191 e. The second-order valence-corrected chi connectivity index (χ2v) is 7.24. The number of aliphatic hydroxyl groups is 1. The number of anilines is 1. The van der Waals surface area contributed by atoms with Gasteiger partial charge in [-0.05, 0) is 44.7 Å². The monoisotopic (exact) mass is 472 g/mol. The molecule has 1 heterocycles. The Bertz CT molecular complexity index is 554. The Hall–Kier alpha value is -1.02. The highest BCUT2D eigenvalue weighted by Gasteiger charge is 2.25. The summed E-state index contributed by atoms with van der Waals surface area (Å²) in [5, 5.41) is 17.0. The Labute approximate surface area is 174 Å². The van der Waals surface area contributed by atoms with E-state index in [-0.39, 0.29) is 30.1 Å². The maximum absolute atomic E-state index is 10.00. The third kappa shape index (κ3) is 6.01. The first-order chi connectivity index (χ1) is 12.3. The summed E-state index contributed by atoms with van der Waals surface area (Å²) >= 11 is 0. The van der Waals surface area contributed by atoms with Gasteiger partial charge in [-0.25, -0.2) is 0 Å². The zero-order valence-electron chi connectivity index (χ0n) is 15.7. The molecule has 0 amide bonds. The molecule has 5 nitrogen and oxygen atoms in total. The van der Waals surface area contributed by atoms with Gasteiger partial charge in [0, 0.05) is 43.8 Å². The molecule has 3 N–H and O–H groups in total. The molecule has 1 aromatic carbocycles. The Morgan fingerprint density at radius 3 is 2.69 bits per heavy atom. The molecule has 3 unspecified atom stereocenters. The summed E-state index contributed by atoms with van der Waals surface area (Å²) in [6, 6.07) is 11.0. The van der Waals surface area contributed by atoms with E-state index in [9.17, 15) is 5.11 Å². The number of guanidine groups is 1. The molecule has 2 aliphatic rings. The quantitative estimate of drug-likeness (QED) is 0.351. The first-order valence-corrected chi connectivity index (χ1v) is 9.79. The van der Waals surface area contributed by atoms with Crippen LogP contribution in [0.5, 0.6) is 0 Å². The number of rotatable bonds is 5. The molecule has 6 heteroatoms. The van der Waals surface area contributed by atoms with Crippen LogP contribution in [0.25, 0.3) is 0 Å². The molecule has 3 rings (SSSR count). The number of nitrogens with one attached hydrogen (secondary N) is 2. The molecule has 0 aromatic heterocycles. The Kier molecular flexibility index (Phi) is 8.98. The lowest BCUT2D eigenvalue weighted by Gasteiger charge is -2.35. The van der Waals surface area contributed by atoms with Gasteiger partial charge in [0.25, 0.3) is 0 Å². The van der Waals surface area contributed by atoms with Crippen molar-refractivity contribution in [2.75, 3.05) is 31.1 Å². The number of benzene rings is 1. The average molecular weight is 472 g/mol. The second-order valence-electron chi connectivity index (χ2n) is 7.24. The first kappa shape index (κ1) is 21.3. The topological polar surface area (TPSA) is 59.9 Å². The molecule has 1 saturated carbocycles. The van der Waals surface area contributed by atoms with Crippen LogP contribution in [0, 0.1) is 5.92 Å². The lowest BCUT2D eigenvalue weighted by Crippen LogP contribution is -2.51. The number of piperidine rings is 1. The fourth-order valence-electron chi connectivity index (χ4n) is 3.92. The normalized spacial score (nSPS) is 26.3. The van der Waals surface area contributed by atoms with Crippen LogP contribution in [-0.2, 0) is 0 Å². The molecular formula is C20H33IN4O. The highest BCUT2D eigenvalue weighted by Crippen LogP contribution is 2.25. The van der Waals surface area contributed by atoms with Crippen molar-refractivity contribution in [3.8, 4) is 0 Å². The van der Waals surface area contributed by atoms with Crippen molar-refractivity contribution < 1.29 is 5.11 Å². The number of aliphatic imine (C=N–C) groups is 1. The molecule has 1 aliphatic carbocycles. The predicted molar refractivity (Wildman–Crippen MR) is 120 cm³/mol. The lowest BCUT2D eigenvalue weighted by molar-refractivity contribution is 0.136. The van der Waals surface area contributed by atoms with Crippen molar-refractivity contribution in [1.29, 1.82) is 0 Å². The van der Waals surface area contributed by atoms with Crippen molar-refractivity contribution in [2.45, 2.75) is 51.2 Å². The van der Waals surface area contributed by atoms with E-state index in [4.69, 9.17) is 4.99 Å². The van der Waals surface area contributed by atoms with E-state index in [2.05, 4.69) is 52.8 Å². The summed E-state index contributed by atoms with van der Waals surface area (Å²) in [5.41, 5.74) is 1.30. The molecule has 3 atom stereocenters. The molecule has 0 spiro atoms. The van der Waals surface area contributed by atoms with Gasteiger partial charge in [0.05, 0.1) is 6.10 Å². The van der Waals surface area contributed by atoms with Crippen molar-refractivity contribution in [3.63, 3.8) is 0 Å². The molecule has 1 aromatic rings. The fourth-order valence-corrected chi connectivity index (χ4v) is 3.92. The minimum Gasteiger partial charge on any atom is -0.393 e. The molecule has 146 valence electrons. The van der Waals surface area contributed by atoms with E-state index in [0.717, 1.165) is 44.9 Å². The molecule has 1 aliphatic heterocycles. The third-order valence-corrected chi connectivity index (χ3v) is 5.33. The molecule has 1 saturated heterocycles. The van der Waals surface area contributed by atoms with Gasteiger partial charge in [0.1, 0.15) is 0 Å². The van der Waals surface area contributed by atoms with Gasteiger partial charge in [-0.1, -0.05) is 24.6 Å². The summed E-state index contributed by atoms with van der Waals surface area (Å²) in [7, 11) is 0. The number of hydrogen-bond acceptors (Lipinski definition) is 3. The lowest BCUT2D eigenvalue weighted by atomic mass is 10.0. The Morgan fingerprint density at radius 1 is 1.19 bits per heavy atom. The summed E-state index contributed by atoms with van der Waals surface area (Å²) in [6.07, 6.45) is 5.33. The van der Waals surface area contributed by atoms with Gasteiger partial charge >= 0.3 is 0 Å². The van der Waals surface area contributed by atoms with Crippen LogP contribution >= 0.6 is 24.0 Å². The van der Waals surface area contributed by atoms with E-state index in [1.54, 1.807) is 0 Å². The number of halogens is 1. The summed E-state index contributed by atoms with van der Waals surface area (Å²) in [5.74, 6) is 1.21. The van der Waals surface area contributed by atoms with E-state index < -0.39 is 0 Å². The summed E-state index contributed by atoms with van der Waals surface area (Å²) in [6.45, 7) is 5.78. The van der Waals surface area contributed by atoms with Gasteiger partial charge in [0.2, 0.25) is 0 Å². The van der Waals surface area contributed by atoms with Crippen LogP contribution < -0.4 is 15.5 Å². The fraction of sp³-hybridized carbons (Fsp3) is 0.650. The van der Waals surface area contributed by atoms with Crippen LogP contribution in [-0.4, -0.2) is 49.4 Å². The molecule has 0 bridgehead atoms. The number of hydrogen-bond donors (Lipinski definition) is 3. The standard InChI is InChI=1S/C20H32N4O.HI/c1-2-21-20(22-14-16-8-6-12-19(16)25)23-17-9-7-13-24(15-17)18-10-4-3-5-11-18;/h3-5,10-11,16-17,19,25H,2,6-9,12-15H2,1H3,(H2,21,22,23);1H. The maximum Gasteiger partial charge on any atom is 0.191 e. The SMILES string of the molecule is CCNC(=NCC1CCCC1O)NC1CCCN(c2ccccc2)C1.I. The van der Waals surface area contributed by atoms with Crippen molar-refractivity contribution >= 4 is 35.6 Å². The molecule has 0 radical (unpaired) electrons. The first-order valence-electron chi connectivity index (χ1n) is 9.79. The zero-order chi connectivity index (χ0) is 17.5. The van der Waals surface area contributed by atoms with Gasteiger partial charge in [-0.3, -0.25) is 4.99 Å². The van der Waals surface area contributed by atoms with E-state index in [1.165, 1.54) is 18.5 Å². The van der Waals surface area contributed by atoms with E-state index in [1.807, 2.05) is 0 Å². The zero-order valence-corrected chi connectivity index (χ0v) is 18.1. The summed E-state index contributed by atoms with van der Waals surface area (Å²) in [4.78, 5) is 7.20. The Balaban J connectivity index is 0.00000243. The highest BCUT2D eigenvalue weighted by atomic mass is 127. The number of aliphatic hydroxyl groups excluding tert-OH is 1. The van der Waals surface area contributed by atoms with Gasteiger partial charge in [0.15, 0.2) is 5.96 Å². The van der Waals surface area contributed by atoms with Gasteiger partial charge in [-0.15, -0.1) is 24.0 Å². The van der Waals surface area contributed by atoms with Crippen LogP contribution in [0.4, 0.5) is 5.69 Å². The number of nitrogens with zero attached hydrogens (tertiary/aromatic N) is 2. The van der Waals surface area contributed by atoms with Gasteiger partial charge in [-0.2, -0.15) is 0 Å². The highest BCUT2D eigenvalue weighted by molar-refractivity contribution is 14.0. The third-order valence-electron chi connectivity index (χ3n) is 5.33. The maximum atomic E-state index is 10.00. The molecule has 26 heavy (non-hydrogen) atoms. The summed E-state index contributed by atoms with van der Waals surface area (Å²) < 4.78 is 0. The van der Waals surface area contributed by atoms with Crippen LogP contribution in [0.2, 0.25) is 0 Å². The van der Waals surface area contributed by atoms with Crippen molar-refractivity contribution in [3.05, 3.63) is 30.3 Å².